The minimum absolute atomic E-state index is 0.516. The molecule has 0 saturated carbocycles. The molecule has 3 heteroatoms. The number of hydrogen-bond acceptors (Lipinski definition) is 2. The first kappa shape index (κ1) is 12.4. The van der Waals surface area contributed by atoms with Gasteiger partial charge in [-0.25, -0.2) is 0 Å². The quantitative estimate of drug-likeness (QED) is 0.855. The zero-order valence-corrected chi connectivity index (χ0v) is 11.5. The highest BCUT2D eigenvalue weighted by atomic mass is 15.0. The molecule has 1 aliphatic carbocycles. The Labute approximate surface area is 114 Å². The lowest BCUT2D eigenvalue weighted by molar-refractivity contribution is 0.531. The van der Waals surface area contributed by atoms with Crippen molar-refractivity contribution in [2.75, 3.05) is 7.05 Å². The van der Waals surface area contributed by atoms with Crippen molar-refractivity contribution in [2.24, 2.45) is 0 Å². The van der Waals surface area contributed by atoms with Crippen LogP contribution in [0.2, 0.25) is 0 Å². The van der Waals surface area contributed by atoms with E-state index >= 15 is 0 Å². The maximum Gasteiger partial charge on any atom is 0.0642 e. The second-order valence-electron chi connectivity index (χ2n) is 5.32. The van der Waals surface area contributed by atoms with Crippen molar-refractivity contribution in [1.29, 1.82) is 0 Å². The van der Waals surface area contributed by atoms with Gasteiger partial charge < -0.3 is 9.88 Å². The number of aryl methyl sites for hydroxylation is 1. The molecule has 3 rings (SSSR count). The van der Waals surface area contributed by atoms with Crippen molar-refractivity contribution >= 4 is 0 Å². The van der Waals surface area contributed by atoms with Crippen LogP contribution in [0.1, 0.15) is 42.1 Å². The first-order valence-corrected chi connectivity index (χ1v) is 7.12. The molecule has 1 atom stereocenters. The fourth-order valence-electron chi connectivity index (χ4n) is 2.99. The number of hydrogen-bond donors (Lipinski definition) is 1. The van der Waals surface area contributed by atoms with E-state index in [4.69, 9.17) is 0 Å². The number of nitrogens with one attached hydrogen (secondary N) is 1. The highest BCUT2D eigenvalue weighted by molar-refractivity contribution is 5.29. The van der Waals surface area contributed by atoms with Crippen LogP contribution in [-0.4, -0.2) is 16.6 Å². The predicted molar refractivity (Wildman–Crippen MR) is 77.1 cm³/mol. The van der Waals surface area contributed by atoms with Crippen LogP contribution in [0.3, 0.4) is 0 Å². The molecule has 0 aromatic carbocycles. The number of fused-ring (bicyclic) bond motifs is 1. The number of nitrogens with zero attached hydrogens (tertiary/aromatic N) is 2. The van der Waals surface area contributed by atoms with E-state index < -0.39 is 0 Å². The third-order valence-electron chi connectivity index (χ3n) is 3.98. The van der Waals surface area contributed by atoms with Gasteiger partial charge in [0.05, 0.1) is 12.2 Å². The minimum Gasteiger partial charge on any atom is -0.348 e. The second kappa shape index (κ2) is 5.57. The Morgan fingerprint density at radius 3 is 3.05 bits per heavy atom. The van der Waals surface area contributed by atoms with Gasteiger partial charge >= 0.3 is 0 Å². The number of rotatable bonds is 3. The molecule has 2 heterocycles. The summed E-state index contributed by atoms with van der Waals surface area (Å²) in [4.78, 5) is 4.40. The standard InChI is InChI=1S/C16H21N3/c1-17-16-8-3-2-6-13-10-19(12-15(13)16)11-14-7-4-5-9-18-14/h4-5,7,9-10,12,16-17H,2-3,6,8,11H2,1H3. The normalized spacial score (nSPS) is 18.9. The lowest BCUT2D eigenvalue weighted by atomic mass is 10.1. The molecule has 1 aliphatic rings. The van der Waals surface area contributed by atoms with Crippen molar-refractivity contribution < 1.29 is 0 Å². The molecule has 0 spiro atoms. The summed E-state index contributed by atoms with van der Waals surface area (Å²) in [5.74, 6) is 0. The maximum absolute atomic E-state index is 4.40. The lowest BCUT2D eigenvalue weighted by Gasteiger charge is -2.13. The Bertz CT molecular complexity index is 530. The number of pyridine rings is 1. The average molecular weight is 255 g/mol. The summed E-state index contributed by atoms with van der Waals surface area (Å²) in [7, 11) is 2.07. The van der Waals surface area contributed by atoms with Crippen LogP contribution in [0.5, 0.6) is 0 Å². The Morgan fingerprint density at radius 2 is 2.26 bits per heavy atom. The van der Waals surface area contributed by atoms with E-state index in [0.717, 1.165) is 12.2 Å². The van der Waals surface area contributed by atoms with E-state index in [9.17, 15) is 0 Å². The third kappa shape index (κ3) is 2.71. The lowest BCUT2D eigenvalue weighted by Crippen LogP contribution is -2.15. The van der Waals surface area contributed by atoms with Crippen molar-refractivity contribution in [3.63, 3.8) is 0 Å². The molecule has 0 radical (unpaired) electrons. The molecule has 3 nitrogen and oxygen atoms in total. The van der Waals surface area contributed by atoms with Crippen molar-refractivity contribution in [3.8, 4) is 0 Å². The van der Waals surface area contributed by atoms with Crippen molar-refractivity contribution in [2.45, 2.75) is 38.3 Å². The maximum atomic E-state index is 4.40. The van der Waals surface area contributed by atoms with Crippen LogP contribution in [-0.2, 0) is 13.0 Å². The van der Waals surface area contributed by atoms with Gasteiger partial charge in [0.2, 0.25) is 0 Å². The van der Waals surface area contributed by atoms with Crippen LogP contribution in [0.25, 0.3) is 0 Å². The van der Waals surface area contributed by atoms with Gasteiger partial charge in [0.15, 0.2) is 0 Å². The fourth-order valence-corrected chi connectivity index (χ4v) is 2.99. The average Bonchev–Trinajstić information content (AvgIpc) is 2.73. The summed E-state index contributed by atoms with van der Waals surface area (Å²) in [5.41, 5.74) is 4.11. The summed E-state index contributed by atoms with van der Waals surface area (Å²) in [6.45, 7) is 0.865. The van der Waals surface area contributed by atoms with Crippen LogP contribution < -0.4 is 5.32 Å². The van der Waals surface area contributed by atoms with E-state index in [1.54, 1.807) is 0 Å². The summed E-state index contributed by atoms with van der Waals surface area (Å²) in [6, 6.07) is 6.61. The first-order chi connectivity index (χ1) is 9.36. The third-order valence-corrected chi connectivity index (χ3v) is 3.98. The van der Waals surface area contributed by atoms with Gasteiger partial charge in [-0.15, -0.1) is 0 Å². The van der Waals surface area contributed by atoms with Crippen LogP contribution >= 0.6 is 0 Å². The van der Waals surface area contributed by atoms with Gasteiger partial charge in [0.1, 0.15) is 0 Å². The molecule has 1 unspecified atom stereocenters. The van der Waals surface area contributed by atoms with Gasteiger partial charge in [-0.05, 0) is 49.6 Å². The van der Waals surface area contributed by atoms with E-state index in [2.05, 4.69) is 40.4 Å². The molecule has 0 bridgehead atoms. The Hall–Kier alpha value is -1.61. The predicted octanol–water partition coefficient (Wildman–Crippen LogP) is 2.92. The summed E-state index contributed by atoms with van der Waals surface area (Å²) >= 11 is 0. The molecule has 0 saturated heterocycles. The SMILES string of the molecule is CNC1CCCCc2cn(Cc3ccccn3)cc21. The molecular formula is C16H21N3. The molecular weight excluding hydrogens is 234 g/mol. The monoisotopic (exact) mass is 255 g/mol. The summed E-state index contributed by atoms with van der Waals surface area (Å²) < 4.78 is 2.28. The van der Waals surface area contributed by atoms with Gasteiger partial charge in [-0.2, -0.15) is 0 Å². The molecule has 0 fully saturated rings. The van der Waals surface area contributed by atoms with Crippen LogP contribution in [0.15, 0.2) is 36.8 Å². The van der Waals surface area contributed by atoms with E-state index in [1.807, 2.05) is 18.3 Å². The first-order valence-electron chi connectivity index (χ1n) is 7.12. The molecule has 0 amide bonds. The van der Waals surface area contributed by atoms with Gasteiger partial charge in [0, 0.05) is 24.6 Å². The molecule has 2 aromatic rings. The highest BCUT2D eigenvalue weighted by Gasteiger charge is 2.19. The van der Waals surface area contributed by atoms with E-state index in [-0.39, 0.29) is 0 Å². The second-order valence-corrected chi connectivity index (χ2v) is 5.32. The minimum atomic E-state index is 0.516. The summed E-state index contributed by atoms with van der Waals surface area (Å²) in [6.07, 6.45) is 11.6. The smallest absolute Gasteiger partial charge is 0.0642 e. The van der Waals surface area contributed by atoms with Crippen molar-refractivity contribution in [1.82, 2.24) is 14.9 Å². The van der Waals surface area contributed by atoms with Crippen LogP contribution in [0, 0.1) is 0 Å². The Balaban J connectivity index is 1.85. The molecule has 0 aliphatic heterocycles. The van der Waals surface area contributed by atoms with Crippen LogP contribution in [0.4, 0.5) is 0 Å². The fraction of sp³-hybridized carbons (Fsp3) is 0.438. The van der Waals surface area contributed by atoms with Gasteiger partial charge in [0.25, 0.3) is 0 Å². The zero-order valence-electron chi connectivity index (χ0n) is 11.5. The Kier molecular flexibility index (Phi) is 3.65. The number of aromatic nitrogens is 2. The van der Waals surface area contributed by atoms with Crippen molar-refractivity contribution in [3.05, 3.63) is 53.6 Å². The van der Waals surface area contributed by atoms with Gasteiger partial charge in [-0.1, -0.05) is 12.5 Å². The Morgan fingerprint density at radius 1 is 1.32 bits per heavy atom. The largest absolute Gasteiger partial charge is 0.348 e. The molecule has 2 aromatic heterocycles. The molecule has 19 heavy (non-hydrogen) atoms. The van der Waals surface area contributed by atoms with E-state index in [1.165, 1.54) is 36.8 Å². The molecule has 100 valence electrons. The van der Waals surface area contributed by atoms with E-state index in [0.29, 0.717) is 6.04 Å². The molecule has 1 N–H and O–H groups in total. The zero-order chi connectivity index (χ0) is 13.1. The summed E-state index contributed by atoms with van der Waals surface area (Å²) in [5, 5.41) is 3.45. The van der Waals surface area contributed by atoms with Gasteiger partial charge in [-0.3, -0.25) is 4.98 Å². The highest BCUT2D eigenvalue weighted by Crippen LogP contribution is 2.29. The topological polar surface area (TPSA) is 29.9 Å².